The Morgan fingerprint density at radius 3 is 2.06 bits per heavy atom. The molecule has 94 valence electrons. The predicted molar refractivity (Wildman–Crippen MR) is 63.0 cm³/mol. The lowest BCUT2D eigenvalue weighted by molar-refractivity contribution is -0.219. The molecule has 3 nitrogen and oxygen atoms in total. The molecule has 0 unspecified atom stereocenters. The highest BCUT2D eigenvalue weighted by molar-refractivity contribution is 9.10. The molecule has 1 aromatic carbocycles. The van der Waals surface area contributed by atoms with Crippen LogP contribution in [0.2, 0.25) is 0 Å². The smallest absolute Gasteiger partial charge is 0.203 e. The number of hydrogen-bond acceptors (Lipinski definition) is 3. The molecule has 1 fully saturated rings. The third kappa shape index (κ3) is 2.17. The number of hydrogen-bond donors (Lipinski definition) is 0. The lowest BCUT2D eigenvalue weighted by Gasteiger charge is -2.48. The largest absolute Gasteiger partial charge is 0.356 e. The Hall–Kier alpha value is -0.720. The number of halogens is 3. The molecule has 1 aliphatic rings. The van der Waals surface area contributed by atoms with Crippen LogP contribution < -0.4 is 4.90 Å². The Morgan fingerprint density at radius 2 is 1.65 bits per heavy atom. The first kappa shape index (κ1) is 12.7. The fourth-order valence-electron chi connectivity index (χ4n) is 1.87. The van der Waals surface area contributed by atoms with Gasteiger partial charge in [0.1, 0.15) is 5.69 Å². The average Bonchev–Trinajstić information content (AvgIpc) is 2.20. The molecule has 0 atom stereocenters. The molecule has 1 heterocycles. The maximum atomic E-state index is 13.6. The van der Waals surface area contributed by atoms with Crippen molar-refractivity contribution in [3.63, 3.8) is 0 Å². The molecule has 1 aliphatic heterocycles. The van der Waals surface area contributed by atoms with Gasteiger partial charge in [-0.25, -0.2) is 8.78 Å². The Morgan fingerprint density at radius 1 is 1.18 bits per heavy atom. The van der Waals surface area contributed by atoms with E-state index in [1.807, 2.05) is 0 Å². The quantitative estimate of drug-likeness (QED) is 0.801. The van der Waals surface area contributed by atoms with Gasteiger partial charge >= 0.3 is 0 Å². The van der Waals surface area contributed by atoms with E-state index in [0.717, 1.165) is 0 Å². The summed E-state index contributed by atoms with van der Waals surface area (Å²) in [7, 11) is 3.02. The van der Waals surface area contributed by atoms with Crippen molar-refractivity contribution < 1.29 is 18.3 Å². The zero-order valence-corrected chi connectivity index (χ0v) is 11.1. The summed E-state index contributed by atoms with van der Waals surface area (Å²) in [6, 6.07) is 2.47. The van der Waals surface area contributed by atoms with Crippen molar-refractivity contribution in [1.82, 2.24) is 0 Å². The van der Waals surface area contributed by atoms with Crippen LogP contribution in [-0.2, 0) is 9.47 Å². The van der Waals surface area contributed by atoms with Gasteiger partial charge in [-0.05, 0) is 12.1 Å². The summed E-state index contributed by atoms with van der Waals surface area (Å²) in [6.07, 6.45) is 0. The van der Waals surface area contributed by atoms with Crippen molar-refractivity contribution in [2.45, 2.75) is 5.79 Å². The summed E-state index contributed by atoms with van der Waals surface area (Å²) in [4.78, 5) is 1.55. The second kappa shape index (κ2) is 4.51. The fraction of sp³-hybridized carbons (Fsp3) is 0.455. The van der Waals surface area contributed by atoms with Gasteiger partial charge < -0.3 is 14.4 Å². The van der Waals surface area contributed by atoms with E-state index >= 15 is 0 Å². The van der Waals surface area contributed by atoms with Crippen LogP contribution in [0.4, 0.5) is 14.5 Å². The van der Waals surface area contributed by atoms with Gasteiger partial charge in [-0.1, -0.05) is 15.9 Å². The molecule has 0 bridgehead atoms. The van der Waals surface area contributed by atoms with Crippen molar-refractivity contribution >= 4 is 21.6 Å². The maximum absolute atomic E-state index is 13.6. The number of rotatable bonds is 3. The first-order valence-electron chi connectivity index (χ1n) is 5.01. The second-order valence-electron chi connectivity index (χ2n) is 3.89. The topological polar surface area (TPSA) is 21.7 Å². The third-order valence-corrected chi connectivity index (χ3v) is 3.36. The lowest BCUT2D eigenvalue weighted by Crippen LogP contribution is -2.64. The van der Waals surface area contributed by atoms with E-state index < -0.39 is 17.4 Å². The van der Waals surface area contributed by atoms with Crippen LogP contribution in [0.3, 0.4) is 0 Å². The summed E-state index contributed by atoms with van der Waals surface area (Å²) in [5.74, 6) is -1.96. The molecule has 0 amide bonds. The molecule has 0 radical (unpaired) electrons. The molecule has 0 aromatic heterocycles. The zero-order chi connectivity index (χ0) is 12.6. The van der Waals surface area contributed by atoms with Gasteiger partial charge in [0.05, 0.1) is 13.1 Å². The Kier molecular flexibility index (Phi) is 3.38. The van der Waals surface area contributed by atoms with E-state index in [9.17, 15) is 8.78 Å². The third-order valence-electron chi connectivity index (χ3n) is 2.91. The molecule has 6 heteroatoms. The standard InChI is InChI=1S/C11H12BrF2NO2/c1-16-11(17-2)5-15(6-11)10-8(13)3-7(12)4-9(10)14/h3-4H,5-6H2,1-2H3. The average molecular weight is 308 g/mol. The normalized spacial score (nSPS) is 18.1. The minimum atomic E-state index is -0.758. The van der Waals surface area contributed by atoms with Crippen LogP contribution in [0.1, 0.15) is 0 Å². The molecule has 2 rings (SSSR count). The SMILES string of the molecule is COC1(OC)CN(c2c(F)cc(Br)cc2F)C1. The van der Waals surface area contributed by atoms with Gasteiger partial charge in [0.2, 0.25) is 5.79 Å². The fourth-order valence-corrected chi connectivity index (χ4v) is 2.27. The molecule has 17 heavy (non-hydrogen) atoms. The van der Waals surface area contributed by atoms with Crippen LogP contribution in [0.25, 0.3) is 0 Å². The van der Waals surface area contributed by atoms with Crippen molar-refractivity contribution in [2.24, 2.45) is 0 Å². The first-order chi connectivity index (χ1) is 8.01. The van der Waals surface area contributed by atoms with E-state index in [4.69, 9.17) is 9.47 Å². The summed E-state index contributed by atoms with van der Waals surface area (Å²) in [6.45, 7) is 0.602. The summed E-state index contributed by atoms with van der Waals surface area (Å²) < 4.78 is 38.0. The molecular formula is C11H12BrF2NO2. The number of benzene rings is 1. The van der Waals surface area contributed by atoms with E-state index in [2.05, 4.69) is 15.9 Å². The summed E-state index contributed by atoms with van der Waals surface area (Å²) >= 11 is 3.04. The Balaban J connectivity index is 2.22. The Bertz CT molecular complexity index is 406. The summed E-state index contributed by atoms with van der Waals surface area (Å²) in [5, 5.41) is 0. The second-order valence-corrected chi connectivity index (χ2v) is 4.81. The van der Waals surface area contributed by atoms with Crippen molar-refractivity contribution in [1.29, 1.82) is 0 Å². The van der Waals surface area contributed by atoms with Gasteiger partial charge in [-0.3, -0.25) is 0 Å². The van der Waals surface area contributed by atoms with Crippen molar-refractivity contribution in [3.8, 4) is 0 Å². The van der Waals surface area contributed by atoms with Crippen LogP contribution in [0, 0.1) is 11.6 Å². The van der Waals surface area contributed by atoms with Gasteiger partial charge in [0, 0.05) is 18.7 Å². The Labute approximate surface area is 106 Å². The minimum Gasteiger partial charge on any atom is -0.356 e. The highest BCUT2D eigenvalue weighted by Crippen LogP contribution is 2.35. The number of ether oxygens (including phenoxy) is 2. The van der Waals surface area contributed by atoms with E-state index in [1.165, 1.54) is 26.4 Å². The van der Waals surface area contributed by atoms with Crippen LogP contribution >= 0.6 is 15.9 Å². The van der Waals surface area contributed by atoms with Gasteiger partial charge in [-0.2, -0.15) is 0 Å². The molecule has 0 saturated carbocycles. The van der Waals surface area contributed by atoms with Gasteiger partial charge in [0.15, 0.2) is 11.6 Å². The molecule has 1 aromatic rings. The maximum Gasteiger partial charge on any atom is 0.203 e. The number of methoxy groups -OCH3 is 2. The van der Waals surface area contributed by atoms with E-state index in [-0.39, 0.29) is 5.69 Å². The monoisotopic (exact) mass is 307 g/mol. The number of anilines is 1. The van der Waals surface area contributed by atoms with Crippen LogP contribution in [0.15, 0.2) is 16.6 Å². The van der Waals surface area contributed by atoms with Crippen molar-refractivity contribution in [2.75, 3.05) is 32.2 Å². The van der Waals surface area contributed by atoms with E-state index in [1.54, 1.807) is 4.90 Å². The molecule has 0 N–H and O–H groups in total. The highest BCUT2D eigenvalue weighted by atomic mass is 79.9. The lowest BCUT2D eigenvalue weighted by atomic mass is 10.1. The van der Waals surface area contributed by atoms with Gasteiger partial charge in [-0.15, -0.1) is 0 Å². The predicted octanol–water partition coefficient (Wildman–Crippen LogP) is 2.54. The summed E-state index contributed by atoms with van der Waals surface area (Å²) in [5.41, 5.74) is -0.0436. The molecule has 0 aliphatic carbocycles. The molecule has 0 spiro atoms. The van der Waals surface area contributed by atoms with E-state index in [0.29, 0.717) is 17.6 Å². The first-order valence-corrected chi connectivity index (χ1v) is 5.80. The molecular weight excluding hydrogens is 296 g/mol. The van der Waals surface area contributed by atoms with Gasteiger partial charge in [0.25, 0.3) is 0 Å². The van der Waals surface area contributed by atoms with Crippen LogP contribution in [0.5, 0.6) is 0 Å². The zero-order valence-electron chi connectivity index (χ0n) is 9.47. The van der Waals surface area contributed by atoms with Crippen molar-refractivity contribution in [3.05, 3.63) is 28.2 Å². The molecule has 1 saturated heterocycles. The van der Waals surface area contributed by atoms with Crippen LogP contribution in [-0.4, -0.2) is 33.1 Å². The minimum absolute atomic E-state index is 0.0436. The number of nitrogens with zero attached hydrogens (tertiary/aromatic N) is 1. The highest BCUT2D eigenvalue weighted by Gasteiger charge is 2.45.